The number of carbonyl (C=O) groups excluding carboxylic acids is 1. The standard InChI is InChI=1S/C23H18ClNO4/c24-19-10-11-20(29-14-16-4-2-1-3-5-16)22-18(19)13-25(23(22)28)17-8-6-15(7-9-17)12-21(26)27/h1-11H,12-14H2,(H,26,27). The monoisotopic (exact) mass is 407 g/mol. The van der Waals surface area contributed by atoms with E-state index >= 15 is 0 Å². The van der Waals surface area contributed by atoms with Gasteiger partial charge in [0.25, 0.3) is 5.91 Å². The van der Waals surface area contributed by atoms with Crippen LogP contribution < -0.4 is 9.64 Å². The smallest absolute Gasteiger partial charge is 0.307 e. The maximum atomic E-state index is 13.1. The molecule has 3 aromatic rings. The highest BCUT2D eigenvalue weighted by molar-refractivity contribution is 6.32. The van der Waals surface area contributed by atoms with Gasteiger partial charge in [-0.1, -0.05) is 54.1 Å². The van der Waals surface area contributed by atoms with Crippen LogP contribution in [0.1, 0.15) is 27.0 Å². The van der Waals surface area contributed by atoms with Gasteiger partial charge in [-0.05, 0) is 35.4 Å². The van der Waals surface area contributed by atoms with Gasteiger partial charge >= 0.3 is 5.97 Å². The van der Waals surface area contributed by atoms with E-state index in [-0.39, 0.29) is 12.3 Å². The number of rotatable bonds is 6. The molecule has 1 heterocycles. The lowest BCUT2D eigenvalue weighted by molar-refractivity contribution is -0.136. The van der Waals surface area contributed by atoms with Crippen molar-refractivity contribution >= 4 is 29.2 Å². The number of ether oxygens (including phenoxy) is 1. The summed E-state index contributed by atoms with van der Waals surface area (Å²) in [4.78, 5) is 25.6. The Morgan fingerprint density at radius 3 is 2.41 bits per heavy atom. The Labute approximate surface area is 173 Å². The van der Waals surface area contributed by atoms with Crippen LogP contribution in [-0.2, 0) is 24.4 Å². The predicted octanol–water partition coefficient (Wildman–Crippen LogP) is 4.71. The van der Waals surface area contributed by atoms with Gasteiger partial charge in [0.1, 0.15) is 12.4 Å². The number of hydrogen-bond donors (Lipinski definition) is 1. The fraction of sp³-hybridized carbons (Fsp3) is 0.130. The van der Waals surface area contributed by atoms with Crippen LogP contribution in [0.2, 0.25) is 5.02 Å². The van der Waals surface area contributed by atoms with Crippen LogP contribution in [0.15, 0.2) is 66.7 Å². The van der Waals surface area contributed by atoms with Crippen molar-refractivity contribution in [1.82, 2.24) is 0 Å². The number of carboxylic acids is 1. The van der Waals surface area contributed by atoms with Crippen LogP contribution in [0.3, 0.4) is 0 Å². The largest absolute Gasteiger partial charge is 0.488 e. The summed E-state index contributed by atoms with van der Waals surface area (Å²) in [7, 11) is 0. The van der Waals surface area contributed by atoms with Gasteiger partial charge in [0.05, 0.1) is 18.5 Å². The fourth-order valence-electron chi connectivity index (χ4n) is 3.39. The number of carboxylic acid groups (broad SMARTS) is 1. The molecule has 0 spiro atoms. The quantitative estimate of drug-likeness (QED) is 0.642. The second-order valence-electron chi connectivity index (χ2n) is 6.80. The molecule has 146 valence electrons. The average molecular weight is 408 g/mol. The lowest BCUT2D eigenvalue weighted by atomic mass is 10.1. The molecule has 0 saturated carbocycles. The minimum atomic E-state index is -0.894. The molecule has 0 radical (unpaired) electrons. The van der Waals surface area contributed by atoms with E-state index in [0.717, 1.165) is 11.1 Å². The third-order valence-corrected chi connectivity index (χ3v) is 5.19. The zero-order chi connectivity index (χ0) is 20.4. The number of nitrogens with zero attached hydrogens (tertiary/aromatic N) is 1. The van der Waals surface area contributed by atoms with E-state index in [1.54, 1.807) is 41.3 Å². The van der Waals surface area contributed by atoms with Crippen molar-refractivity contribution in [2.45, 2.75) is 19.6 Å². The SMILES string of the molecule is O=C(O)Cc1ccc(N2Cc3c(Cl)ccc(OCc4ccccc4)c3C2=O)cc1. The third kappa shape index (κ3) is 3.96. The van der Waals surface area contributed by atoms with E-state index < -0.39 is 5.97 Å². The van der Waals surface area contributed by atoms with Crippen molar-refractivity contribution in [3.63, 3.8) is 0 Å². The molecular formula is C23H18ClNO4. The zero-order valence-corrected chi connectivity index (χ0v) is 16.2. The lowest BCUT2D eigenvalue weighted by Gasteiger charge is -2.16. The summed E-state index contributed by atoms with van der Waals surface area (Å²) in [6.07, 6.45) is -0.0578. The number of carbonyl (C=O) groups is 2. The molecule has 4 rings (SSSR count). The molecule has 1 aliphatic heterocycles. The van der Waals surface area contributed by atoms with Crippen molar-refractivity contribution in [1.29, 1.82) is 0 Å². The van der Waals surface area contributed by atoms with Crippen molar-refractivity contribution < 1.29 is 19.4 Å². The van der Waals surface area contributed by atoms with Gasteiger partial charge in [0, 0.05) is 16.3 Å². The molecular weight excluding hydrogens is 390 g/mol. The summed E-state index contributed by atoms with van der Waals surface area (Å²) in [5.74, 6) is -0.575. The molecule has 0 saturated heterocycles. The molecule has 6 heteroatoms. The minimum absolute atomic E-state index is 0.0578. The molecule has 0 atom stereocenters. The summed E-state index contributed by atoms with van der Waals surface area (Å²) in [6, 6.07) is 20.1. The summed E-state index contributed by atoms with van der Waals surface area (Å²) >= 11 is 6.36. The molecule has 3 aromatic carbocycles. The number of halogens is 1. The average Bonchev–Trinajstić information content (AvgIpc) is 3.07. The van der Waals surface area contributed by atoms with E-state index in [2.05, 4.69) is 0 Å². The highest BCUT2D eigenvalue weighted by Crippen LogP contribution is 2.38. The summed E-state index contributed by atoms with van der Waals surface area (Å²) < 4.78 is 5.94. The van der Waals surface area contributed by atoms with E-state index in [4.69, 9.17) is 21.4 Å². The Morgan fingerprint density at radius 1 is 1.00 bits per heavy atom. The zero-order valence-electron chi connectivity index (χ0n) is 15.5. The van der Waals surface area contributed by atoms with Gasteiger partial charge in [-0.3, -0.25) is 9.59 Å². The molecule has 0 bridgehead atoms. The second-order valence-corrected chi connectivity index (χ2v) is 7.21. The number of anilines is 1. The first-order chi connectivity index (χ1) is 14.0. The first-order valence-electron chi connectivity index (χ1n) is 9.13. The van der Waals surface area contributed by atoms with Crippen molar-refractivity contribution in [2.24, 2.45) is 0 Å². The number of amides is 1. The minimum Gasteiger partial charge on any atom is -0.488 e. The molecule has 29 heavy (non-hydrogen) atoms. The lowest BCUT2D eigenvalue weighted by Crippen LogP contribution is -2.23. The number of aliphatic carboxylic acids is 1. The number of benzene rings is 3. The maximum absolute atomic E-state index is 13.1. The highest BCUT2D eigenvalue weighted by Gasteiger charge is 2.33. The van der Waals surface area contributed by atoms with Gasteiger partial charge in [-0.2, -0.15) is 0 Å². The Hall–Kier alpha value is -3.31. The van der Waals surface area contributed by atoms with Gasteiger partial charge < -0.3 is 14.7 Å². The summed E-state index contributed by atoms with van der Waals surface area (Å²) in [6.45, 7) is 0.694. The molecule has 0 fully saturated rings. The van der Waals surface area contributed by atoms with Crippen molar-refractivity contribution in [3.05, 3.63) is 94.0 Å². The normalized spacial score (nSPS) is 12.7. The molecule has 1 aliphatic rings. The number of fused-ring (bicyclic) bond motifs is 1. The van der Waals surface area contributed by atoms with Crippen LogP contribution in [0, 0.1) is 0 Å². The molecule has 1 amide bonds. The Kier molecular flexibility index (Phi) is 5.23. The van der Waals surface area contributed by atoms with Gasteiger partial charge in [-0.15, -0.1) is 0 Å². The number of hydrogen-bond acceptors (Lipinski definition) is 3. The molecule has 5 nitrogen and oxygen atoms in total. The van der Waals surface area contributed by atoms with Crippen LogP contribution in [-0.4, -0.2) is 17.0 Å². The molecule has 0 aliphatic carbocycles. The highest BCUT2D eigenvalue weighted by atomic mass is 35.5. The maximum Gasteiger partial charge on any atom is 0.307 e. The van der Waals surface area contributed by atoms with Crippen molar-refractivity contribution in [3.8, 4) is 5.75 Å². The molecule has 0 unspecified atom stereocenters. The van der Waals surface area contributed by atoms with E-state index in [9.17, 15) is 9.59 Å². The van der Waals surface area contributed by atoms with Gasteiger partial charge in [-0.25, -0.2) is 0 Å². The summed E-state index contributed by atoms with van der Waals surface area (Å²) in [5, 5.41) is 9.43. The molecule has 1 N–H and O–H groups in total. The van der Waals surface area contributed by atoms with Gasteiger partial charge in [0.2, 0.25) is 0 Å². The van der Waals surface area contributed by atoms with Crippen LogP contribution in [0.4, 0.5) is 5.69 Å². The first-order valence-corrected chi connectivity index (χ1v) is 9.51. The fourth-order valence-corrected chi connectivity index (χ4v) is 3.60. The first kappa shape index (κ1) is 19.0. The van der Waals surface area contributed by atoms with Crippen molar-refractivity contribution in [2.75, 3.05) is 4.90 Å². The topological polar surface area (TPSA) is 66.8 Å². The third-order valence-electron chi connectivity index (χ3n) is 4.83. The van der Waals surface area contributed by atoms with E-state index in [0.29, 0.717) is 40.7 Å². The van der Waals surface area contributed by atoms with E-state index in [1.807, 2.05) is 30.3 Å². The van der Waals surface area contributed by atoms with Crippen LogP contribution in [0.25, 0.3) is 0 Å². The van der Waals surface area contributed by atoms with Gasteiger partial charge in [0.15, 0.2) is 0 Å². The Bertz CT molecular complexity index is 1060. The predicted molar refractivity (Wildman–Crippen MR) is 111 cm³/mol. The second kappa shape index (κ2) is 7.97. The van der Waals surface area contributed by atoms with E-state index in [1.165, 1.54) is 0 Å². The summed E-state index contributed by atoms with van der Waals surface area (Å²) in [5.41, 5.74) is 3.58. The Balaban J connectivity index is 1.58. The molecule has 0 aromatic heterocycles. The Morgan fingerprint density at radius 2 is 1.72 bits per heavy atom. The van der Waals surface area contributed by atoms with Crippen LogP contribution >= 0.6 is 11.6 Å². The van der Waals surface area contributed by atoms with Crippen LogP contribution in [0.5, 0.6) is 5.75 Å².